The molecule has 2 saturated heterocycles. The van der Waals surface area contributed by atoms with Gasteiger partial charge in [0.2, 0.25) is 6.29 Å². The number of esters is 2. The van der Waals surface area contributed by atoms with Gasteiger partial charge in [-0.25, -0.2) is 9.59 Å². The Morgan fingerprint density at radius 2 is 2.00 bits per heavy atom. The van der Waals surface area contributed by atoms with Crippen LogP contribution >= 0.6 is 0 Å². The number of aliphatic hydroxyl groups excluding tert-OH is 1. The van der Waals surface area contributed by atoms with Gasteiger partial charge in [0.15, 0.2) is 5.79 Å². The Bertz CT molecular complexity index is 846. The van der Waals surface area contributed by atoms with E-state index in [1.165, 1.54) is 13.2 Å². The van der Waals surface area contributed by atoms with E-state index in [2.05, 4.69) is 20.8 Å². The number of carbonyl (C=O) groups excluding carboxylic acids is 2. The van der Waals surface area contributed by atoms with Crippen LogP contribution in [0, 0.1) is 16.7 Å². The third kappa shape index (κ3) is 1.77. The molecule has 0 radical (unpaired) electrons. The number of carbonyl (C=O) groups is 2. The van der Waals surface area contributed by atoms with Crippen LogP contribution in [0.4, 0.5) is 0 Å². The number of aliphatic hydroxyl groups is 1. The Morgan fingerprint density at radius 1 is 1.25 bits per heavy atom. The molecule has 3 fully saturated rings. The van der Waals surface area contributed by atoms with Crippen molar-refractivity contribution >= 4 is 11.9 Å². The smallest absolute Gasteiger partial charge is 0.334 e. The molecule has 1 spiro atoms. The summed E-state index contributed by atoms with van der Waals surface area (Å²) < 4.78 is 23.5. The van der Waals surface area contributed by atoms with Crippen LogP contribution in [0.2, 0.25) is 0 Å². The van der Waals surface area contributed by atoms with Crippen LogP contribution in [0.25, 0.3) is 0 Å². The Balaban J connectivity index is 1.72. The van der Waals surface area contributed by atoms with Crippen LogP contribution in [0.3, 0.4) is 0 Å². The van der Waals surface area contributed by atoms with E-state index in [-0.39, 0.29) is 23.4 Å². The molecule has 0 aromatic heterocycles. The summed E-state index contributed by atoms with van der Waals surface area (Å²) in [7, 11) is 1.52. The molecule has 1 saturated carbocycles. The Hall–Kier alpha value is -1.70. The zero-order valence-corrected chi connectivity index (χ0v) is 16.6. The van der Waals surface area contributed by atoms with Crippen molar-refractivity contribution in [1.82, 2.24) is 0 Å². The molecule has 28 heavy (non-hydrogen) atoms. The van der Waals surface area contributed by atoms with Gasteiger partial charge in [0, 0.05) is 30.6 Å². The maximum absolute atomic E-state index is 12.6. The molecule has 152 valence electrons. The second kappa shape index (κ2) is 5.26. The molecular formula is C21H26O7. The summed E-state index contributed by atoms with van der Waals surface area (Å²) >= 11 is 0. The Labute approximate surface area is 163 Å². The number of allylic oxidation sites excluding steroid dienone is 1. The van der Waals surface area contributed by atoms with Gasteiger partial charge in [-0.2, -0.15) is 0 Å². The average Bonchev–Trinajstić information content (AvgIpc) is 3.21. The molecular weight excluding hydrogens is 364 g/mol. The molecule has 0 amide bonds. The van der Waals surface area contributed by atoms with Crippen molar-refractivity contribution in [1.29, 1.82) is 0 Å². The summed E-state index contributed by atoms with van der Waals surface area (Å²) in [5.41, 5.74) is -0.714. The van der Waals surface area contributed by atoms with Gasteiger partial charge in [0.1, 0.15) is 6.10 Å². The summed E-state index contributed by atoms with van der Waals surface area (Å²) in [4.78, 5) is 24.4. The lowest BCUT2D eigenvalue weighted by Crippen LogP contribution is -2.66. The number of methoxy groups -OCH3 is 1. The number of hydrogen-bond donors (Lipinski definition) is 1. The minimum absolute atomic E-state index is 0.184. The summed E-state index contributed by atoms with van der Waals surface area (Å²) in [5.74, 6) is -1.98. The van der Waals surface area contributed by atoms with Crippen LogP contribution < -0.4 is 0 Å². The van der Waals surface area contributed by atoms with E-state index in [0.717, 1.165) is 6.42 Å². The van der Waals surface area contributed by atoms with Gasteiger partial charge in [0.05, 0.1) is 16.6 Å². The van der Waals surface area contributed by atoms with Crippen molar-refractivity contribution in [2.75, 3.05) is 7.11 Å². The van der Waals surface area contributed by atoms with E-state index in [0.29, 0.717) is 30.4 Å². The van der Waals surface area contributed by atoms with E-state index >= 15 is 0 Å². The van der Waals surface area contributed by atoms with Gasteiger partial charge in [-0.05, 0) is 32.1 Å². The van der Waals surface area contributed by atoms with Crippen molar-refractivity contribution in [3.05, 3.63) is 23.3 Å². The monoisotopic (exact) mass is 390 g/mol. The van der Waals surface area contributed by atoms with Gasteiger partial charge in [-0.1, -0.05) is 19.9 Å². The average molecular weight is 390 g/mol. The van der Waals surface area contributed by atoms with Gasteiger partial charge in [0.25, 0.3) is 0 Å². The van der Waals surface area contributed by atoms with Crippen LogP contribution in [0.15, 0.2) is 23.3 Å². The zero-order valence-electron chi connectivity index (χ0n) is 16.6. The second-order valence-corrected chi connectivity index (χ2v) is 9.26. The van der Waals surface area contributed by atoms with Crippen molar-refractivity contribution in [2.24, 2.45) is 16.7 Å². The molecule has 0 aromatic carbocycles. The highest BCUT2D eigenvalue weighted by atomic mass is 16.7. The standard InChI is InChI=1S/C21H26O7/c1-11-8-14-19(3)12(16(23)26-14)6-5-7-21(19)18(11,2)10-20(25-4,28-21)13-9-15(22)27-17(13)24/h6,9,11,14,17,24H,5,7-8,10H2,1-4H3. The SMILES string of the molecule is COC1(C2=CC(=O)OC2O)CC2(C)C(C)CC3OC(=O)C4=CCCC2(O1)C43C. The third-order valence-corrected chi connectivity index (χ3v) is 8.41. The van der Waals surface area contributed by atoms with Crippen LogP contribution in [-0.2, 0) is 28.5 Å². The van der Waals surface area contributed by atoms with Gasteiger partial charge >= 0.3 is 11.9 Å². The Morgan fingerprint density at radius 3 is 2.64 bits per heavy atom. The lowest BCUT2D eigenvalue weighted by Gasteiger charge is -2.60. The molecule has 7 atom stereocenters. The number of cyclic esters (lactones) is 1. The van der Waals surface area contributed by atoms with Crippen LogP contribution in [-0.4, -0.2) is 47.9 Å². The lowest BCUT2D eigenvalue weighted by atomic mass is 9.44. The molecule has 7 heteroatoms. The summed E-state index contributed by atoms with van der Waals surface area (Å²) in [6, 6.07) is 0. The predicted molar refractivity (Wildman–Crippen MR) is 95.5 cm³/mol. The molecule has 7 unspecified atom stereocenters. The molecule has 2 aliphatic carbocycles. The fraction of sp³-hybridized carbons (Fsp3) is 0.714. The first kappa shape index (κ1) is 18.3. The predicted octanol–water partition coefficient (Wildman–Crippen LogP) is 1.99. The molecule has 5 aliphatic rings. The van der Waals surface area contributed by atoms with Crippen LogP contribution in [0.1, 0.15) is 46.5 Å². The molecule has 3 heterocycles. The highest BCUT2D eigenvalue weighted by Crippen LogP contribution is 2.74. The number of hydrogen-bond acceptors (Lipinski definition) is 7. The lowest BCUT2D eigenvalue weighted by molar-refractivity contribution is -0.280. The highest BCUT2D eigenvalue weighted by molar-refractivity contribution is 5.93. The molecule has 0 aromatic rings. The molecule has 0 bridgehead atoms. The first-order valence-corrected chi connectivity index (χ1v) is 9.91. The fourth-order valence-electron chi connectivity index (χ4n) is 6.78. The van der Waals surface area contributed by atoms with Crippen molar-refractivity contribution in [3.63, 3.8) is 0 Å². The minimum atomic E-state index is -1.40. The van der Waals surface area contributed by atoms with Gasteiger partial charge in [-0.3, -0.25) is 0 Å². The van der Waals surface area contributed by atoms with E-state index in [1.54, 1.807) is 0 Å². The molecule has 3 aliphatic heterocycles. The largest absolute Gasteiger partial charge is 0.458 e. The van der Waals surface area contributed by atoms with Crippen molar-refractivity contribution in [2.45, 2.75) is 70.2 Å². The second-order valence-electron chi connectivity index (χ2n) is 9.26. The van der Waals surface area contributed by atoms with E-state index in [1.807, 2.05) is 6.08 Å². The quantitative estimate of drug-likeness (QED) is 0.721. The van der Waals surface area contributed by atoms with E-state index in [4.69, 9.17) is 18.9 Å². The molecule has 5 rings (SSSR count). The van der Waals surface area contributed by atoms with Gasteiger partial charge in [-0.15, -0.1) is 0 Å². The first-order chi connectivity index (χ1) is 13.1. The summed E-state index contributed by atoms with van der Waals surface area (Å²) in [6.45, 7) is 6.39. The molecule has 7 nitrogen and oxygen atoms in total. The van der Waals surface area contributed by atoms with E-state index in [9.17, 15) is 14.7 Å². The first-order valence-electron chi connectivity index (χ1n) is 9.91. The normalized spacial score (nSPS) is 51.8. The molecule has 1 N–H and O–H groups in total. The minimum Gasteiger partial charge on any atom is -0.458 e. The summed E-state index contributed by atoms with van der Waals surface area (Å²) in [5, 5.41) is 10.4. The van der Waals surface area contributed by atoms with E-state index < -0.39 is 29.1 Å². The summed E-state index contributed by atoms with van der Waals surface area (Å²) in [6.07, 6.45) is 4.20. The van der Waals surface area contributed by atoms with Crippen molar-refractivity contribution < 1.29 is 33.6 Å². The van der Waals surface area contributed by atoms with Crippen LogP contribution in [0.5, 0.6) is 0 Å². The number of ether oxygens (including phenoxy) is 4. The number of rotatable bonds is 2. The zero-order chi connectivity index (χ0) is 20.1. The Kier molecular flexibility index (Phi) is 3.44. The maximum Gasteiger partial charge on any atom is 0.334 e. The third-order valence-electron chi connectivity index (χ3n) is 8.41. The maximum atomic E-state index is 12.6. The fourth-order valence-corrected chi connectivity index (χ4v) is 6.78. The van der Waals surface area contributed by atoms with Gasteiger partial charge < -0.3 is 24.1 Å². The van der Waals surface area contributed by atoms with Crippen molar-refractivity contribution in [3.8, 4) is 0 Å². The topological polar surface area (TPSA) is 91.3 Å². The highest BCUT2D eigenvalue weighted by Gasteiger charge is 2.79.